The molecular formula is C7H10N2O2. The summed E-state index contributed by atoms with van der Waals surface area (Å²) < 4.78 is 2.81. The third-order valence-electron chi connectivity index (χ3n) is 1.41. The molecule has 0 N–H and O–H groups in total. The van der Waals surface area contributed by atoms with Crippen molar-refractivity contribution in [1.29, 1.82) is 0 Å². The monoisotopic (exact) mass is 154 g/mol. The third-order valence-corrected chi connectivity index (χ3v) is 1.41. The molecule has 0 amide bonds. The van der Waals surface area contributed by atoms with Gasteiger partial charge in [0.1, 0.15) is 5.78 Å². The van der Waals surface area contributed by atoms with Crippen LogP contribution in [-0.2, 0) is 18.4 Å². The SMILES string of the molecule is CC(=O)Cn1ccn(C)c1=O. The van der Waals surface area contributed by atoms with Gasteiger partial charge in [0, 0.05) is 19.4 Å². The second kappa shape index (κ2) is 2.74. The zero-order valence-electron chi connectivity index (χ0n) is 6.57. The quantitative estimate of drug-likeness (QED) is 0.591. The van der Waals surface area contributed by atoms with E-state index in [1.807, 2.05) is 0 Å². The highest BCUT2D eigenvalue weighted by molar-refractivity contribution is 5.75. The fourth-order valence-electron chi connectivity index (χ4n) is 0.871. The zero-order chi connectivity index (χ0) is 8.43. The summed E-state index contributed by atoms with van der Waals surface area (Å²) in [5.41, 5.74) is -0.153. The van der Waals surface area contributed by atoms with Gasteiger partial charge < -0.3 is 4.57 Å². The molecule has 1 aromatic rings. The Kier molecular flexibility index (Phi) is 1.94. The highest BCUT2D eigenvalue weighted by atomic mass is 16.2. The first-order valence-corrected chi connectivity index (χ1v) is 3.32. The molecule has 0 aliphatic heterocycles. The Bertz CT molecular complexity index is 321. The Morgan fingerprint density at radius 1 is 1.55 bits per heavy atom. The number of hydrogen-bond donors (Lipinski definition) is 0. The Morgan fingerprint density at radius 3 is 2.55 bits per heavy atom. The Labute approximate surface area is 64.1 Å². The van der Waals surface area contributed by atoms with E-state index in [9.17, 15) is 9.59 Å². The number of Topliss-reactive ketones (excluding diaryl/α,β-unsaturated/α-hetero) is 1. The molecule has 0 aliphatic rings. The lowest BCUT2D eigenvalue weighted by Gasteiger charge is -1.93. The van der Waals surface area contributed by atoms with E-state index in [0.717, 1.165) is 0 Å². The molecule has 0 unspecified atom stereocenters. The zero-order valence-corrected chi connectivity index (χ0v) is 6.57. The number of aromatic nitrogens is 2. The van der Waals surface area contributed by atoms with Crippen LogP contribution in [0.1, 0.15) is 6.92 Å². The average Bonchev–Trinajstić information content (AvgIpc) is 2.18. The average molecular weight is 154 g/mol. The van der Waals surface area contributed by atoms with Crippen molar-refractivity contribution in [3.8, 4) is 0 Å². The van der Waals surface area contributed by atoms with Crippen LogP contribution >= 0.6 is 0 Å². The number of carbonyl (C=O) groups excluding carboxylic acids is 1. The molecule has 0 radical (unpaired) electrons. The second-order valence-electron chi connectivity index (χ2n) is 2.52. The molecule has 0 aliphatic carbocycles. The summed E-state index contributed by atoms with van der Waals surface area (Å²) >= 11 is 0. The topological polar surface area (TPSA) is 44.0 Å². The molecule has 0 bridgehead atoms. The van der Waals surface area contributed by atoms with Gasteiger partial charge in [-0.25, -0.2) is 4.79 Å². The van der Waals surface area contributed by atoms with Crippen molar-refractivity contribution in [2.45, 2.75) is 13.5 Å². The minimum Gasteiger partial charge on any atom is -0.302 e. The van der Waals surface area contributed by atoms with Crippen LogP contribution in [0.15, 0.2) is 17.2 Å². The van der Waals surface area contributed by atoms with Crippen molar-refractivity contribution in [2.24, 2.45) is 7.05 Å². The molecule has 0 saturated carbocycles. The van der Waals surface area contributed by atoms with Gasteiger partial charge in [-0.1, -0.05) is 0 Å². The molecule has 1 rings (SSSR count). The van der Waals surface area contributed by atoms with E-state index < -0.39 is 0 Å². The van der Waals surface area contributed by atoms with Crippen molar-refractivity contribution in [2.75, 3.05) is 0 Å². The maximum Gasteiger partial charge on any atom is 0.328 e. The van der Waals surface area contributed by atoms with Crippen molar-refractivity contribution in [3.63, 3.8) is 0 Å². The van der Waals surface area contributed by atoms with Crippen molar-refractivity contribution in [3.05, 3.63) is 22.9 Å². The van der Waals surface area contributed by atoms with Crippen LogP contribution in [0.4, 0.5) is 0 Å². The molecule has 0 saturated heterocycles. The van der Waals surface area contributed by atoms with E-state index in [2.05, 4.69) is 0 Å². The van der Waals surface area contributed by atoms with Crippen LogP contribution in [0.5, 0.6) is 0 Å². The molecule has 1 heterocycles. The van der Waals surface area contributed by atoms with Crippen LogP contribution < -0.4 is 5.69 Å². The van der Waals surface area contributed by atoms with Gasteiger partial charge in [0.2, 0.25) is 0 Å². The lowest BCUT2D eigenvalue weighted by Crippen LogP contribution is -2.24. The molecule has 60 valence electrons. The molecule has 0 spiro atoms. The fraction of sp³-hybridized carbons (Fsp3) is 0.429. The predicted molar refractivity (Wildman–Crippen MR) is 40.4 cm³/mol. The van der Waals surface area contributed by atoms with E-state index in [-0.39, 0.29) is 18.0 Å². The minimum absolute atomic E-state index is 0.0155. The molecule has 0 fully saturated rings. The molecule has 11 heavy (non-hydrogen) atoms. The van der Waals surface area contributed by atoms with E-state index in [1.54, 1.807) is 19.4 Å². The van der Waals surface area contributed by atoms with Gasteiger partial charge in [0.05, 0.1) is 6.54 Å². The molecule has 1 aromatic heterocycles. The van der Waals surface area contributed by atoms with Gasteiger partial charge in [0.15, 0.2) is 0 Å². The number of ketones is 1. The van der Waals surface area contributed by atoms with Crippen molar-refractivity contribution >= 4 is 5.78 Å². The Hall–Kier alpha value is -1.32. The van der Waals surface area contributed by atoms with Crippen LogP contribution in [0.3, 0.4) is 0 Å². The lowest BCUT2D eigenvalue weighted by atomic mass is 10.4. The predicted octanol–water partition coefficient (Wildman–Crippen LogP) is -0.224. The summed E-state index contributed by atoms with van der Waals surface area (Å²) in [5, 5.41) is 0. The van der Waals surface area contributed by atoms with Crippen LogP contribution in [0, 0.1) is 0 Å². The highest BCUT2D eigenvalue weighted by Gasteiger charge is 2.00. The molecular weight excluding hydrogens is 144 g/mol. The van der Waals surface area contributed by atoms with Crippen molar-refractivity contribution < 1.29 is 4.79 Å². The number of rotatable bonds is 2. The third kappa shape index (κ3) is 1.58. The summed E-state index contributed by atoms with van der Waals surface area (Å²) in [6.07, 6.45) is 3.23. The highest BCUT2D eigenvalue weighted by Crippen LogP contribution is 1.82. The minimum atomic E-state index is -0.153. The summed E-state index contributed by atoms with van der Waals surface area (Å²) in [7, 11) is 1.65. The van der Waals surface area contributed by atoms with E-state index >= 15 is 0 Å². The van der Waals surface area contributed by atoms with Gasteiger partial charge >= 0.3 is 5.69 Å². The number of imidazole rings is 1. The molecule has 4 heteroatoms. The van der Waals surface area contributed by atoms with Crippen LogP contribution in [-0.4, -0.2) is 14.9 Å². The molecule has 0 aromatic carbocycles. The standard InChI is InChI=1S/C7H10N2O2/c1-6(10)5-9-4-3-8(2)7(9)11/h3-4H,5H2,1-2H3. The smallest absolute Gasteiger partial charge is 0.302 e. The first-order chi connectivity index (χ1) is 5.11. The van der Waals surface area contributed by atoms with E-state index in [0.29, 0.717) is 0 Å². The lowest BCUT2D eigenvalue weighted by molar-refractivity contribution is -0.117. The van der Waals surface area contributed by atoms with Crippen LogP contribution in [0.2, 0.25) is 0 Å². The van der Waals surface area contributed by atoms with Gasteiger partial charge in [0.25, 0.3) is 0 Å². The first-order valence-electron chi connectivity index (χ1n) is 3.32. The molecule has 0 atom stereocenters. The fourth-order valence-corrected chi connectivity index (χ4v) is 0.871. The maximum atomic E-state index is 11.1. The van der Waals surface area contributed by atoms with Gasteiger partial charge in [-0.2, -0.15) is 0 Å². The van der Waals surface area contributed by atoms with E-state index in [4.69, 9.17) is 0 Å². The number of nitrogens with zero attached hydrogens (tertiary/aromatic N) is 2. The summed E-state index contributed by atoms with van der Waals surface area (Å²) in [6, 6.07) is 0. The Balaban J connectivity index is 2.97. The molecule has 4 nitrogen and oxygen atoms in total. The van der Waals surface area contributed by atoms with Gasteiger partial charge in [-0.3, -0.25) is 9.36 Å². The second-order valence-corrected chi connectivity index (χ2v) is 2.52. The van der Waals surface area contributed by atoms with E-state index in [1.165, 1.54) is 16.1 Å². The summed E-state index contributed by atoms with van der Waals surface area (Å²) in [4.78, 5) is 21.7. The number of hydrogen-bond acceptors (Lipinski definition) is 2. The summed E-state index contributed by atoms with van der Waals surface area (Å²) in [6.45, 7) is 1.62. The van der Waals surface area contributed by atoms with Gasteiger partial charge in [-0.05, 0) is 6.92 Å². The van der Waals surface area contributed by atoms with Crippen LogP contribution in [0.25, 0.3) is 0 Å². The maximum absolute atomic E-state index is 11.1. The Morgan fingerprint density at radius 2 is 2.18 bits per heavy atom. The largest absolute Gasteiger partial charge is 0.328 e. The first kappa shape index (κ1) is 7.78. The summed E-state index contributed by atoms with van der Waals surface area (Å²) in [5.74, 6) is -0.0155. The number of aryl methyl sites for hydroxylation is 1. The van der Waals surface area contributed by atoms with Crippen molar-refractivity contribution in [1.82, 2.24) is 9.13 Å². The normalized spacial score (nSPS) is 10.0. The van der Waals surface area contributed by atoms with Gasteiger partial charge in [-0.15, -0.1) is 0 Å². The number of carbonyl (C=O) groups is 1.